The molecule has 6 heteroatoms. The zero-order valence-corrected chi connectivity index (χ0v) is 13.6. The van der Waals surface area contributed by atoms with Crippen LogP contribution >= 0.6 is 0 Å². The molecule has 1 aromatic carbocycles. The van der Waals surface area contributed by atoms with Gasteiger partial charge in [0.2, 0.25) is 0 Å². The lowest BCUT2D eigenvalue weighted by Gasteiger charge is -2.10. The van der Waals surface area contributed by atoms with Gasteiger partial charge in [-0.2, -0.15) is 13.2 Å². The van der Waals surface area contributed by atoms with Crippen molar-refractivity contribution in [3.63, 3.8) is 0 Å². The van der Waals surface area contributed by atoms with E-state index >= 15 is 0 Å². The van der Waals surface area contributed by atoms with Gasteiger partial charge in [0.05, 0.1) is 12.2 Å². The molecule has 2 rings (SSSR count). The van der Waals surface area contributed by atoms with Crippen LogP contribution < -0.4 is 10.4 Å². The van der Waals surface area contributed by atoms with Crippen LogP contribution in [0.4, 0.5) is 13.2 Å². The molecular formula is C18H21F3O3. The standard InChI is InChI=1S/C18H21F3O3/c1-2-3-4-5-6-7-10-23-13-8-9-14-15(18(19,20)21)12-17(22)24-16(14)11-13/h8-9,11-12H,2-7,10H2,1H3. The first-order valence-corrected chi connectivity index (χ1v) is 8.19. The molecule has 2 aromatic rings. The van der Waals surface area contributed by atoms with Crippen molar-refractivity contribution in [3.8, 4) is 5.75 Å². The first-order valence-electron chi connectivity index (χ1n) is 8.19. The van der Waals surface area contributed by atoms with Gasteiger partial charge in [0.1, 0.15) is 11.3 Å². The first-order chi connectivity index (χ1) is 11.4. The fourth-order valence-electron chi connectivity index (χ4n) is 2.54. The van der Waals surface area contributed by atoms with Gasteiger partial charge in [-0.1, -0.05) is 39.0 Å². The summed E-state index contributed by atoms with van der Waals surface area (Å²) in [6.07, 6.45) is 2.12. The molecule has 0 saturated carbocycles. The molecule has 0 saturated heterocycles. The summed E-state index contributed by atoms with van der Waals surface area (Å²) in [7, 11) is 0. The maximum absolute atomic E-state index is 13.0. The molecule has 0 atom stereocenters. The average molecular weight is 342 g/mol. The highest BCUT2D eigenvalue weighted by Gasteiger charge is 2.33. The van der Waals surface area contributed by atoms with E-state index in [2.05, 4.69) is 6.92 Å². The predicted octanol–water partition coefficient (Wildman–Crippen LogP) is 5.55. The third kappa shape index (κ3) is 5.01. The van der Waals surface area contributed by atoms with Crippen LogP contribution in [0.1, 0.15) is 51.0 Å². The van der Waals surface area contributed by atoms with Crippen LogP contribution in [0, 0.1) is 0 Å². The lowest BCUT2D eigenvalue weighted by Crippen LogP contribution is -2.11. The Bertz CT molecular complexity index is 720. The second-order valence-corrected chi connectivity index (χ2v) is 5.75. The normalized spacial score (nSPS) is 11.8. The van der Waals surface area contributed by atoms with Crippen molar-refractivity contribution in [1.82, 2.24) is 0 Å². The first kappa shape index (κ1) is 18.4. The molecule has 0 aliphatic carbocycles. The number of ether oxygens (including phenoxy) is 1. The lowest BCUT2D eigenvalue weighted by atomic mass is 10.1. The summed E-state index contributed by atoms with van der Waals surface area (Å²) in [4.78, 5) is 11.3. The van der Waals surface area contributed by atoms with Crippen LogP contribution in [-0.2, 0) is 6.18 Å². The number of unbranched alkanes of at least 4 members (excludes halogenated alkanes) is 5. The van der Waals surface area contributed by atoms with Crippen molar-refractivity contribution in [2.24, 2.45) is 0 Å². The highest BCUT2D eigenvalue weighted by molar-refractivity contribution is 5.82. The molecule has 0 amide bonds. The van der Waals surface area contributed by atoms with Gasteiger partial charge in [0.25, 0.3) is 0 Å². The Labute approximate surface area is 138 Å². The molecule has 132 valence electrons. The second-order valence-electron chi connectivity index (χ2n) is 5.75. The van der Waals surface area contributed by atoms with E-state index in [-0.39, 0.29) is 11.0 Å². The van der Waals surface area contributed by atoms with E-state index in [4.69, 9.17) is 9.15 Å². The maximum atomic E-state index is 13.0. The van der Waals surface area contributed by atoms with Gasteiger partial charge in [-0.05, 0) is 18.6 Å². The fraction of sp³-hybridized carbons (Fsp3) is 0.500. The Morgan fingerprint density at radius 1 is 1.04 bits per heavy atom. The predicted molar refractivity (Wildman–Crippen MR) is 86.4 cm³/mol. The van der Waals surface area contributed by atoms with Crippen LogP contribution in [0.3, 0.4) is 0 Å². The minimum Gasteiger partial charge on any atom is -0.493 e. The minimum atomic E-state index is -4.60. The van der Waals surface area contributed by atoms with E-state index in [0.29, 0.717) is 18.4 Å². The number of alkyl halides is 3. The van der Waals surface area contributed by atoms with Gasteiger partial charge in [-0.15, -0.1) is 0 Å². The molecule has 24 heavy (non-hydrogen) atoms. The third-order valence-corrected chi connectivity index (χ3v) is 3.79. The molecule has 0 fully saturated rings. The van der Waals surface area contributed by atoms with Crippen LogP contribution in [0.15, 0.2) is 33.5 Å². The van der Waals surface area contributed by atoms with Crippen LogP contribution in [0.2, 0.25) is 0 Å². The number of halogens is 3. The van der Waals surface area contributed by atoms with Crippen molar-refractivity contribution >= 4 is 11.0 Å². The van der Waals surface area contributed by atoms with E-state index in [1.54, 1.807) is 0 Å². The minimum absolute atomic E-state index is 0.115. The molecule has 0 unspecified atom stereocenters. The van der Waals surface area contributed by atoms with Crippen molar-refractivity contribution in [3.05, 3.63) is 40.2 Å². The second kappa shape index (κ2) is 8.22. The zero-order chi connectivity index (χ0) is 17.6. The Morgan fingerprint density at radius 3 is 2.46 bits per heavy atom. The number of benzene rings is 1. The summed E-state index contributed by atoms with van der Waals surface area (Å²) in [6, 6.07) is 4.55. The largest absolute Gasteiger partial charge is 0.493 e. The number of hydrogen-bond acceptors (Lipinski definition) is 3. The van der Waals surface area contributed by atoms with Crippen LogP contribution in [-0.4, -0.2) is 6.61 Å². The average Bonchev–Trinajstić information content (AvgIpc) is 2.52. The Balaban J connectivity index is 2.02. The summed E-state index contributed by atoms with van der Waals surface area (Å²) < 4.78 is 49.3. The molecule has 0 aliphatic heterocycles. The topological polar surface area (TPSA) is 39.4 Å². The summed E-state index contributed by atoms with van der Waals surface area (Å²) >= 11 is 0. The Hall–Kier alpha value is -1.98. The third-order valence-electron chi connectivity index (χ3n) is 3.79. The van der Waals surface area contributed by atoms with Gasteiger partial charge in [-0.25, -0.2) is 4.79 Å². The van der Waals surface area contributed by atoms with E-state index in [0.717, 1.165) is 19.3 Å². The molecule has 1 aromatic heterocycles. The van der Waals surface area contributed by atoms with Crippen molar-refractivity contribution in [2.45, 2.75) is 51.6 Å². The molecule has 3 nitrogen and oxygen atoms in total. The molecular weight excluding hydrogens is 321 g/mol. The van der Waals surface area contributed by atoms with Gasteiger partial charge in [0.15, 0.2) is 0 Å². The van der Waals surface area contributed by atoms with Crippen LogP contribution in [0.25, 0.3) is 11.0 Å². The van der Waals surface area contributed by atoms with E-state index in [1.807, 2.05) is 0 Å². The fourth-order valence-corrected chi connectivity index (χ4v) is 2.54. The van der Waals surface area contributed by atoms with Crippen molar-refractivity contribution in [2.75, 3.05) is 6.61 Å². The number of fused-ring (bicyclic) bond motifs is 1. The van der Waals surface area contributed by atoms with Crippen molar-refractivity contribution < 1.29 is 22.3 Å². The summed E-state index contributed by atoms with van der Waals surface area (Å²) in [5.41, 5.74) is -2.13. The van der Waals surface area contributed by atoms with Crippen LogP contribution in [0.5, 0.6) is 5.75 Å². The molecule has 0 spiro atoms. The maximum Gasteiger partial charge on any atom is 0.417 e. The lowest BCUT2D eigenvalue weighted by molar-refractivity contribution is -0.136. The SMILES string of the molecule is CCCCCCCCOc1ccc2c(C(F)(F)F)cc(=O)oc2c1. The molecule has 0 bridgehead atoms. The van der Waals surface area contributed by atoms with E-state index in [1.165, 1.54) is 37.5 Å². The van der Waals surface area contributed by atoms with E-state index < -0.39 is 17.4 Å². The Morgan fingerprint density at radius 2 is 1.75 bits per heavy atom. The molecule has 0 N–H and O–H groups in total. The highest BCUT2D eigenvalue weighted by Crippen LogP contribution is 2.34. The molecule has 0 aliphatic rings. The van der Waals surface area contributed by atoms with Gasteiger partial charge < -0.3 is 9.15 Å². The summed E-state index contributed by atoms with van der Waals surface area (Å²) in [5, 5.41) is -0.144. The monoisotopic (exact) mass is 342 g/mol. The number of rotatable bonds is 8. The molecule has 1 heterocycles. The number of hydrogen-bond donors (Lipinski definition) is 0. The Kier molecular flexibility index (Phi) is 6.29. The van der Waals surface area contributed by atoms with E-state index in [9.17, 15) is 18.0 Å². The van der Waals surface area contributed by atoms with Gasteiger partial charge in [-0.3, -0.25) is 0 Å². The zero-order valence-electron chi connectivity index (χ0n) is 13.6. The van der Waals surface area contributed by atoms with Gasteiger partial charge in [0, 0.05) is 17.5 Å². The highest BCUT2D eigenvalue weighted by atomic mass is 19.4. The quantitative estimate of drug-likeness (QED) is 0.466. The summed E-state index contributed by atoms with van der Waals surface area (Å²) in [6.45, 7) is 2.65. The molecule has 0 radical (unpaired) electrons. The summed E-state index contributed by atoms with van der Waals surface area (Å²) in [5.74, 6) is 0.401. The smallest absolute Gasteiger partial charge is 0.417 e. The van der Waals surface area contributed by atoms with Gasteiger partial charge >= 0.3 is 11.8 Å². The van der Waals surface area contributed by atoms with Crippen molar-refractivity contribution in [1.29, 1.82) is 0 Å².